The molecule has 100 valence electrons. The Hall–Kier alpha value is -0.830. The Morgan fingerprint density at radius 2 is 1.67 bits per heavy atom. The summed E-state index contributed by atoms with van der Waals surface area (Å²) >= 11 is 6.10. The molecule has 1 saturated carbocycles. The second-order valence-electron chi connectivity index (χ2n) is 5.79. The lowest BCUT2D eigenvalue weighted by atomic mass is 9.80. The molecule has 0 amide bonds. The molecule has 1 aliphatic carbocycles. The molecule has 0 bridgehead atoms. The van der Waals surface area contributed by atoms with Crippen molar-refractivity contribution in [3.8, 4) is 0 Å². The summed E-state index contributed by atoms with van der Waals surface area (Å²) in [6.45, 7) is 8.51. The summed E-state index contributed by atoms with van der Waals surface area (Å²) < 4.78 is 0. The molecular formula is C14H22ClN3. The smallest absolute Gasteiger partial charge is 0.137 e. The zero-order valence-corrected chi connectivity index (χ0v) is 12.4. The molecule has 0 radical (unpaired) electrons. The molecule has 1 aromatic heterocycles. The minimum Gasteiger partial charge on any atom is -0.367 e. The number of aromatic nitrogens is 2. The summed E-state index contributed by atoms with van der Waals surface area (Å²) in [5.41, 5.74) is 0.952. The highest BCUT2D eigenvalue weighted by Crippen LogP contribution is 2.31. The molecule has 2 unspecified atom stereocenters. The molecule has 0 aliphatic heterocycles. The zero-order chi connectivity index (χ0) is 13.3. The molecule has 0 saturated heterocycles. The van der Waals surface area contributed by atoms with Crippen LogP contribution in [0.5, 0.6) is 0 Å². The Labute approximate surface area is 114 Å². The summed E-state index contributed by atoms with van der Waals surface area (Å²) in [4.78, 5) is 8.64. The molecule has 1 aliphatic rings. The quantitative estimate of drug-likeness (QED) is 0.824. The highest BCUT2D eigenvalue weighted by Gasteiger charge is 2.24. The third-order valence-electron chi connectivity index (χ3n) is 3.72. The normalized spacial score (nSPS) is 28.2. The van der Waals surface area contributed by atoms with E-state index in [1.807, 2.05) is 13.8 Å². The van der Waals surface area contributed by atoms with Crippen molar-refractivity contribution in [2.75, 3.05) is 5.32 Å². The van der Waals surface area contributed by atoms with Crippen molar-refractivity contribution in [3.05, 3.63) is 16.5 Å². The average molecular weight is 268 g/mol. The van der Waals surface area contributed by atoms with Gasteiger partial charge in [0, 0.05) is 11.6 Å². The Morgan fingerprint density at radius 1 is 1.06 bits per heavy atom. The second kappa shape index (κ2) is 5.43. The lowest BCUT2D eigenvalue weighted by Gasteiger charge is -2.32. The van der Waals surface area contributed by atoms with Crippen molar-refractivity contribution >= 4 is 17.4 Å². The summed E-state index contributed by atoms with van der Waals surface area (Å²) in [5, 5.41) is 4.11. The lowest BCUT2D eigenvalue weighted by molar-refractivity contribution is 0.280. The van der Waals surface area contributed by atoms with Crippen LogP contribution in [0.1, 0.15) is 44.5 Å². The number of aryl methyl sites for hydroxylation is 1. The van der Waals surface area contributed by atoms with E-state index >= 15 is 0 Å². The van der Waals surface area contributed by atoms with Crippen LogP contribution in [0, 0.1) is 25.7 Å². The number of nitrogens with one attached hydrogen (secondary N) is 1. The van der Waals surface area contributed by atoms with E-state index in [0.717, 1.165) is 29.0 Å². The van der Waals surface area contributed by atoms with E-state index in [1.165, 1.54) is 19.3 Å². The molecule has 1 heterocycles. The van der Waals surface area contributed by atoms with Crippen molar-refractivity contribution in [2.24, 2.45) is 11.8 Å². The van der Waals surface area contributed by atoms with Crippen LogP contribution >= 0.6 is 11.6 Å². The van der Waals surface area contributed by atoms with Gasteiger partial charge < -0.3 is 5.32 Å². The van der Waals surface area contributed by atoms with Gasteiger partial charge in [-0.25, -0.2) is 9.97 Å². The van der Waals surface area contributed by atoms with Crippen LogP contribution in [0.2, 0.25) is 5.15 Å². The first-order valence-electron chi connectivity index (χ1n) is 6.73. The molecule has 4 heteroatoms. The maximum Gasteiger partial charge on any atom is 0.137 e. The van der Waals surface area contributed by atoms with Gasteiger partial charge in [0.15, 0.2) is 0 Å². The fourth-order valence-corrected chi connectivity index (χ4v) is 3.20. The SMILES string of the molecule is Cc1nc(Cl)c(C)c(NC2CC(C)CC(C)C2)n1. The molecule has 3 nitrogen and oxygen atoms in total. The van der Waals surface area contributed by atoms with Gasteiger partial charge in [-0.15, -0.1) is 0 Å². The Bertz CT molecular complexity index is 423. The van der Waals surface area contributed by atoms with E-state index in [2.05, 4.69) is 29.1 Å². The first-order valence-corrected chi connectivity index (χ1v) is 7.10. The molecule has 1 fully saturated rings. The van der Waals surface area contributed by atoms with E-state index < -0.39 is 0 Å². The van der Waals surface area contributed by atoms with Crippen LogP contribution in [0.3, 0.4) is 0 Å². The largest absolute Gasteiger partial charge is 0.367 e. The van der Waals surface area contributed by atoms with E-state index in [1.54, 1.807) is 0 Å². The van der Waals surface area contributed by atoms with Gasteiger partial charge in [0.1, 0.15) is 16.8 Å². The maximum atomic E-state index is 6.10. The highest BCUT2D eigenvalue weighted by molar-refractivity contribution is 6.30. The lowest BCUT2D eigenvalue weighted by Crippen LogP contribution is -2.31. The van der Waals surface area contributed by atoms with Gasteiger partial charge in [-0.05, 0) is 44.9 Å². The number of hydrogen-bond donors (Lipinski definition) is 1. The van der Waals surface area contributed by atoms with E-state index in [9.17, 15) is 0 Å². The van der Waals surface area contributed by atoms with Gasteiger partial charge in [-0.3, -0.25) is 0 Å². The predicted octanol–water partition coefficient (Wildman–Crippen LogP) is 3.98. The van der Waals surface area contributed by atoms with Crippen LogP contribution in [0.4, 0.5) is 5.82 Å². The van der Waals surface area contributed by atoms with Gasteiger partial charge >= 0.3 is 0 Å². The fraction of sp³-hybridized carbons (Fsp3) is 0.714. The first kappa shape index (κ1) is 13.6. The number of anilines is 1. The number of rotatable bonds is 2. The Kier molecular flexibility index (Phi) is 4.10. The standard InChI is InChI=1S/C14H22ClN3/c1-8-5-9(2)7-12(6-8)18-14-10(3)13(15)16-11(4)17-14/h8-9,12H,5-7H2,1-4H3,(H,16,17,18). The van der Waals surface area contributed by atoms with E-state index in [-0.39, 0.29) is 0 Å². The molecule has 0 spiro atoms. The van der Waals surface area contributed by atoms with Crippen molar-refractivity contribution < 1.29 is 0 Å². The summed E-state index contributed by atoms with van der Waals surface area (Å²) in [5.74, 6) is 3.19. The third kappa shape index (κ3) is 3.14. The van der Waals surface area contributed by atoms with Gasteiger partial charge in [0.05, 0.1) is 0 Å². The summed E-state index contributed by atoms with van der Waals surface area (Å²) in [6.07, 6.45) is 3.76. The van der Waals surface area contributed by atoms with Crippen molar-refractivity contribution in [1.29, 1.82) is 0 Å². The average Bonchev–Trinajstić information content (AvgIpc) is 2.23. The first-order chi connectivity index (χ1) is 8.45. The minimum atomic E-state index is 0.507. The van der Waals surface area contributed by atoms with Gasteiger partial charge in [-0.2, -0.15) is 0 Å². The zero-order valence-electron chi connectivity index (χ0n) is 11.6. The van der Waals surface area contributed by atoms with Gasteiger partial charge in [0.25, 0.3) is 0 Å². The minimum absolute atomic E-state index is 0.507. The van der Waals surface area contributed by atoms with Gasteiger partial charge in [-0.1, -0.05) is 25.4 Å². The van der Waals surface area contributed by atoms with Crippen LogP contribution in [0.15, 0.2) is 0 Å². The molecule has 2 atom stereocenters. The van der Waals surface area contributed by atoms with Crippen LogP contribution < -0.4 is 5.32 Å². The second-order valence-corrected chi connectivity index (χ2v) is 6.15. The highest BCUT2D eigenvalue weighted by atomic mass is 35.5. The monoisotopic (exact) mass is 267 g/mol. The van der Waals surface area contributed by atoms with Crippen molar-refractivity contribution in [2.45, 2.75) is 53.0 Å². The van der Waals surface area contributed by atoms with Crippen LogP contribution in [0.25, 0.3) is 0 Å². The van der Waals surface area contributed by atoms with Crippen molar-refractivity contribution in [1.82, 2.24) is 9.97 Å². The Morgan fingerprint density at radius 3 is 2.28 bits per heavy atom. The maximum absolute atomic E-state index is 6.10. The van der Waals surface area contributed by atoms with Crippen LogP contribution in [-0.2, 0) is 0 Å². The fourth-order valence-electron chi connectivity index (χ4n) is 2.99. The molecular weight excluding hydrogens is 246 g/mol. The molecule has 1 N–H and O–H groups in total. The third-order valence-corrected chi connectivity index (χ3v) is 4.09. The molecule has 18 heavy (non-hydrogen) atoms. The predicted molar refractivity (Wildman–Crippen MR) is 76.1 cm³/mol. The Balaban J connectivity index is 2.14. The van der Waals surface area contributed by atoms with E-state index in [0.29, 0.717) is 11.2 Å². The molecule has 2 rings (SSSR count). The number of halogens is 1. The number of nitrogens with zero attached hydrogens (tertiary/aromatic N) is 2. The number of hydrogen-bond acceptors (Lipinski definition) is 3. The topological polar surface area (TPSA) is 37.8 Å². The molecule has 0 aromatic carbocycles. The van der Waals surface area contributed by atoms with Crippen LogP contribution in [-0.4, -0.2) is 16.0 Å². The summed E-state index contributed by atoms with van der Waals surface area (Å²) in [7, 11) is 0. The van der Waals surface area contributed by atoms with Gasteiger partial charge in [0.2, 0.25) is 0 Å². The molecule has 1 aromatic rings. The van der Waals surface area contributed by atoms with E-state index in [4.69, 9.17) is 11.6 Å². The summed E-state index contributed by atoms with van der Waals surface area (Å²) in [6, 6.07) is 0.507. The van der Waals surface area contributed by atoms with Crippen molar-refractivity contribution in [3.63, 3.8) is 0 Å².